The van der Waals surface area contributed by atoms with Gasteiger partial charge in [0, 0.05) is 47.7 Å². The Bertz CT molecular complexity index is 2660. The van der Waals surface area contributed by atoms with Crippen molar-refractivity contribution in [1.29, 1.82) is 0 Å². The van der Waals surface area contributed by atoms with E-state index in [2.05, 4.69) is 30.5 Å². The number of ether oxygens (including phenoxy) is 1. The molecule has 0 aliphatic heterocycles. The molecule has 1 amide bonds. The van der Waals surface area contributed by atoms with Crippen molar-refractivity contribution in [3.63, 3.8) is 0 Å². The van der Waals surface area contributed by atoms with Crippen LogP contribution in [0.25, 0.3) is 28.1 Å². The highest BCUT2D eigenvalue weighted by molar-refractivity contribution is 6.36. The normalized spacial score (nSPS) is 17.2. The molecule has 1 saturated carbocycles. The average Bonchev–Trinajstić information content (AvgIpc) is 3.69. The number of nitrogens with one attached hydrogen (secondary N) is 1. The van der Waals surface area contributed by atoms with Crippen molar-refractivity contribution < 1.29 is 44.7 Å². The van der Waals surface area contributed by atoms with Crippen LogP contribution in [0.3, 0.4) is 0 Å². The molecule has 6 aromatic rings. The number of nitrogens with zero attached hydrogens (tertiary/aromatic N) is 8. The quantitative estimate of drug-likeness (QED) is 0.131. The van der Waals surface area contributed by atoms with Gasteiger partial charge in [-0.25, -0.2) is 36.3 Å². The number of amides is 1. The van der Waals surface area contributed by atoms with Crippen LogP contribution in [0, 0.1) is 24.5 Å². The molecule has 58 heavy (non-hydrogen) atoms. The molecule has 3 atom stereocenters. The standard InChI is InChI=1S/C37H28ClF8N9O3/c1-15-29-21(38)3-4-24(32(29)53(51-15)13-25(41)42)55-28(57)12-22(35-47-6-5-27(50-35)58-2)49-36(55)23(9-16-7-17(39)10-18(40)8-16)48-26(56)14-54-33-30(31(52-54)34(43)44)19-11-20(19)37(33,45)46/h3-8,10,12,19-20,23,25,34H,9,11,13-14H2,1-2H3,(H,48,56)/t19-,20+,23-/m0/s1. The third-order valence-electron chi connectivity index (χ3n) is 10.0. The van der Waals surface area contributed by atoms with Crippen molar-refractivity contribution in [3.05, 3.63) is 110 Å². The van der Waals surface area contributed by atoms with Gasteiger partial charge in [-0.15, -0.1) is 0 Å². The molecular weight excluding hydrogens is 806 g/mol. The summed E-state index contributed by atoms with van der Waals surface area (Å²) in [5.74, 6) is -9.24. The first-order valence-electron chi connectivity index (χ1n) is 17.5. The van der Waals surface area contributed by atoms with Gasteiger partial charge < -0.3 is 10.1 Å². The van der Waals surface area contributed by atoms with Gasteiger partial charge in [-0.3, -0.25) is 23.5 Å². The molecule has 1 fully saturated rings. The summed E-state index contributed by atoms with van der Waals surface area (Å²) in [4.78, 5) is 41.4. The summed E-state index contributed by atoms with van der Waals surface area (Å²) in [6.07, 6.45) is -5.39. The number of benzene rings is 2. The van der Waals surface area contributed by atoms with Crippen molar-refractivity contribution in [2.45, 2.75) is 63.6 Å². The summed E-state index contributed by atoms with van der Waals surface area (Å²) >= 11 is 6.51. The largest absolute Gasteiger partial charge is 0.481 e. The number of fused-ring (bicyclic) bond motifs is 4. The van der Waals surface area contributed by atoms with E-state index in [1.54, 1.807) is 0 Å². The maximum atomic E-state index is 15.4. The van der Waals surface area contributed by atoms with Gasteiger partial charge in [-0.2, -0.15) is 24.0 Å². The van der Waals surface area contributed by atoms with Crippen molar-refractivity contribution in [2.75, 3.05) is 7.11 Å². The fraction of sp³-hybridized carbons (Fsp3) is 0.324. The SMILES string of the molecule is COc1ccnc(-c2cc(=O)n(-c3ccc(Cl)c4c(C)nn(CC(F)F)c34)c([C@H](Cc3cc(F)cc(F)c3)NC(=O)Cn3nc(C(F)F)c4c3C(F)(F)[C@@H]3C[C@H]43)n2)n1. The zero-order valence-corrected chi connectivity index (χ0v) is 30.8. The molecule has 21 heteroatoms. The van der Waals surface area contributed by atoms with E-state index < -0.39 is 90.7 Å². The number of hydrogen-bond acceptors (Lipinski definition) is 8. The number of carbonyl (C=O) groups excluding carboxylic acids is 1. The molecule has 12 nitrogen and oxygen atoms in total. The van der Waals surface area contributed by atoms with Gasteiger partial charge in [0.1, 0.15) is 47.6 Å². The number of methoxy groups -OCH3 is 1. The van der Waals surface area contributed by atoms with Crippen LogP contribution in [0.4, 0.5) is 35.1 Å². The number of rotatable bonds is 12. The molecule has 2 aromatic carbocycles. The van der Waals surface area contributed by atoms with Gasteiger partial charge in [0.05, 0.1) is 35.1 Å². The minimum absolute atomic E-state index is 0.0197. The van der Waals surface area contributed by atoms with Gasteiger partial charge in [-0.05, 0) is 49.1 Å². The summed E-state index contributed by atoms with van der Waals surface area (Å²) < 4.78 is 124. The molecule has 302 valence electrons. The van der Waals surface area contributed by atoms with Crippen LogP contribution >= 0.6 is 11.6 Å². The van der Waals surface area contributed by atoms with Crippen LogP contribution < -0.4 is 15.6 Å². The van der Waals surface area contributed by atoms with Gasteiger partial charge in [0.2, 0.25) is 11.8 Å². The number of alkyl halides is 6. The minimum atomic E-state index is -3.56. The molecule has 2 aliphatic carbocycles. The zero-order valence-electron chi connectivity index (χ0n) is 30.0. The maximum absolute atomic E-state index is 15.4. The first-order chi connectivity index (χ1) is 27.5. The molecule has 0 radical (unpaired) electrons. The molecular formula is C37H28ClF8N9O3. The van der Waals surface area contributed by atoms with Crippen LogP contribution in [0.5, 0.6) is 5.88 Å². The Morgan fingerprint density at radius 1 is 1.03 bits per heavy atom. The van der Waals surface area contributed by atoms with Gasteiger partial charge in [0.25, 0.3) is 24.3 Å². The van der Waals surface area contributed by atoms with Crippen LogP contribution in [0.15, 0.2) is 53.5 Å². The van der Waals surface area contributed by atoms with Gasteiger partial charge >= 0.3 is 0 Å². The Kier molecular flexibility index (Phi) is 9.72. The highest BCUT2D eigenvalue weighted by Crippen LogP contribution is 2.68. The number of hydrogen-bond donors (Lipinski definition) is 1. The average molecular weight is 834 g/mol. The van der Waals surface area contributed by atoms with Gasteiger partial charge in [0.15, 0.2) is 5.82 Å². The van der Waals surface area contributed by atoms with E-state index in [0.29, 0.717) is 10.7 Å². The Labute approximate surface area is 326 Å². The van der Waals surface area contributed by atoms with E-state index in [4.69, 9.17) is 16.3 Å². The molecule has 0 unspecified atom stereocenters. The molecule has 4 aromatic heterocycles. The molecule has 1 N–H and O–H groups in total. The molecule has 2 aliphatic rings. The first kappa shape index (κ1) is 38.9. The van der Waals surface area contributed by atoms with Crippen molar-refractivity contribution in [2.24, 2.45) is 5.92 Å². The highest BCUT2D eigenvalue weighted by Gasteiger charge is 2.67. The smallest absolute Gasteiger partial charge is 0.293 e. The first-order valence-corrected chi connectivity index (χ1v) is 17.9. The van der Waals surface area contributed by atoms with Crippen LogP contribution in [0.1, 0.15) is 58.8 Å². The molecule has 0 bridgehead atoms. The maximum Gasteiger partial charge on any atom is 0.293 e. The Balaban J connectivity index is 1.33. The Hall–Kier alpha value is -5.92. The van der Waals surface area contributed by atoms with E-state index in [9.17, 15) is 35.9 Å². The topological polar surface area (TPSA) is 135 Å². The van der Waals surface area contributed by atoms with E-state index in [-0.39, 0.29) is 68.1 Å². The highest BCUT2D eigenvalue weighted by atomic mass is 35.5. The number of aromatic nitrogens is 8. The summed E-state index contributed by atoms with van der Waals surface area (Å²) in [6, 6.07) is 5.95. The van der Waals surface area contributed by atoms with E-state index in [1.807, 2.05) is 0 Å². The number of aryl methyl sites for hydroxylation is 1. The van der Waals surface area contributed by atoms with Crippen LogP contribution in [0.2, 0.25) is 5.02 Å². The lowest BCUT2D eigenvalue weighted by atomic mass is 10.0. The van der Waals surface area contributed by atoms with Crippen LogP contribution in [-0.4, -0.2) is 58.5 Å². The predicted octanol–water partition coefficient (Wildman–Crippen LogP) is 7.00. The summed E-state index contributed by atoms with van der Waals surface area (Å²) in [6.45, 7) is -0.452. The molecule has 0 spiro atoms. The third kappa shape index (κ3) is 6.81. The lowest BCUT2D eigenvalue weighted by molar-refractivity contribution is -0.123. The van der Waals surface area contributed by atoms with Crippen molar-refractivity contribution in [3.8, 4) is 23.1 Å². The predicted molar refractivity (Wildman–Crippen MR) is 189 cm³/mol. The van der Waals surface area contributed by atoms with E-state index in [1.165, 1.54) is 38.4 Å². The van der Waals surface area contributed by atoms with Crippen molar-refractivity contribution >= 4 is 28.4 Å². The summed E-state index contributed by atoms with van der Waals surface area (Å²) in [5.41, 5.74) is -3.12. The fourth-order valence-corrected chi connectivity index (χ4v) is 7.97. The minimum Gasteiger partial charge on any atom is -0.481 e. The van der Waals surface area contributed by atoms with E-state index >= 15 is 8.78 Å². The number of carbonyl (C=O) groups is 1. The lowest BCUT2D eigenvalue weighted by Crippen LogP contribution is -2.38. The van der Waals surface area contributed by atoms with E-state index in [0.717, 1.165) is 27.4 Å². The summed E-state index contributed by atoms with van der Waals surface area (Å²) in [7, 11) is 1.32. The Morgan fingerprint density at radius 2 is 1.78 bits per heavy atom. The van der Waals surface area contributed by atoms with Crippen molar-refractivity contribution in [1.82, 2.24) is 44.4 Å². The zero-order chi connectivity index (χ0) is 41.4. The van der Waals surface area contributed by atoms with Gasteiger partial charge in [-0.1, -0.05) is 11.6 Å². The fourth-order valence-electron chi connectivity index (χ4n) is 7.68. The second-order valence-electron chi connectivity index (χ2n) is 13.8. The molecule has 0 saturated heterocycles. The second kappa shape index (κ2) is 14.5. The Morgan fingerprint density at radius 3 is 2.47 bits per heavy atom. The molecule has 8 rings (SSSR count). The monoisotopic (exact) mass is 833 g/mol. The number of halogens is 9. The lowest BCUT2D eigenvalue weighted by Gasteiger charge is -2.24. The van der Waals surface area contributed by atoms with Crippen LogP contribution in [-0.2, 0) is 30.2 Å². The molecule has 4 heterocycles. The summed E-state index contributed by atoms with van der Waals surface area (Å²) in [5, 5.41) is 10.8. The third-order valence-corrected chi connectivity index (χ3v) is 10.3. The second-order valence-corrected chi connectivity index (χ2v) is 14.2.